The van der Waals surface area contributed by atoms with E-state index in [1.54, 1.807) is 31.2 Å². The third-order valence-corrected chi connectivity index (χ3v) is 4.72. The topological polar surface area (TPSA) is 15.8 Å². The van der Waals surface area contributed by atoms with E-state index in [9.17, 15) is 22.0 Å². The smallest absolute Gasteiger partial charge is 0.354 e. The molecular formula is C22H14F5N. The van der Waals surface area contributed by atoms with Gasteiger partial charge in [-0.3, -0.25) is 0 Å². The van der Waals surface area contributed by atoms with E-state index in [-0.39, 0.29) is 5.56 Å². The molecule has 0 spiro atoms. The largest absolute Gasteiger partial charge is 0.416 e. The maximum atomic E-state index is 14.0. The number of benzene rings is 3. The number of aryl methyl sites for hydroxylation is 1. The summed E-state index contributed by atoms with van der Waals surface area (Å²) in [6.07, 6.45) is -4.40. The highest BCUT2D eigenvalue weighted by molar-refractivity contribution is 5.90. The van der Waals surface area contributed by atoms with Crippen LogP contribution in [0.5, 0.6) is 0 Å². The molecule has 0 atom stereocenters. The van der Waals surface area contributed by atoms with Gasteiger partial charge in [-0.05, 0) is 66.1 Å². The Hall–Kier alpha value is -3.15. The molecule has 1 aromatic heterocycles. The van der Waals surface area contributed by atoms with Crippen molar-refractivity contribution in [3.63, 3.8) is 0 Å². The predicted octanol–water partition coefficient (Wildman–Crippen LogP) is 7.11. The lowest BCUT2D eigenvalue weighted by atomic mass is 9.97. The second-order valence-corrected chi connectivity index (χ2v) is 6.61. The molecule has 1 nitrogen and oxygen atoms in total. The van der Waals surface area contributed by atoms with Crippen LogP contribution in [-0.4, -0.2) is 4.98 Å². The maximum absolute atomic E-state index is 14.0. The molecule has 6 heteroatoms. The SMILES string of the molecule is Cc1cc(C(F)(F)F)ccc1-c1ccc2[nH]c(-c3c(F)cccc3F)cc2c1. The normalized spacial score (nSPS) is 11.9. The van der Waals surface area contributed by atoms with Gasteiger partial charge < -0.3 is 4.98 Å². The average molecular weight is 387 g/mol. The van der Waals surface area contributed by atoms with Crippen LogP contribution in [0.25, 0.3) is 33.3 Å². The number of hydrogen-bond donors (Lipinski definition) is 1. The van der Waals surface area contributed by atoms with Gasteiger partial charge in [-0.1, -0.05) is 18.2 Å². The van der Waals surface area contributed by atoms with Crippen molar-refractivity contribution in [1.82, 2.24) is 4.98 Å². The Morgan fingerprint density at radius 3 is 2.18 bits per heavy atom. The Kier molecular flexibility index (Phi) is 4.22. The fourth-order valence-corrected chi connectivity index (χ4v) is 3.35. The summed E-state index contributed by atoms with van der Waals surface area (Å²) in [6.45, 7) is 1.62. The van der Waals surface area contributed by atoms with E-state index in [0.717, 1.165) is 17.7 Å². The van der Waals surface area contributed by atoms with Gasteiger partial charge in [-0.15, -0.1) is 0 Å². The lowest BCUT2D eigenvalue weighted by molar-refractivity contribution is -0.137. The lowest BCUT2D eigenvalue weighted by Gasteiger charge is -2.11. The summed E-state index contributed by atoms with van der Waals surface area (Å²) in [5.41, 5.74) is 2.00. The first-order valence-electron chi connectivity index (χ1n) is 8.49. The van der Waals surface area contributed by atoms with Crippen molar-refractivity contribution in [1.29, 1.82) is 0 Å². The predicted molar refractivity (Wildman–Crippen MR) is 98.8 cm³/mol. The van der Waals surface area contributed by atoms with Crippen LogP contribution in [0.3, 0.4) is 0 Å². The number of nitrogens with one attached hydrogen (secondary N) is 1. The van der Waals surface area contributed by atoms with E-state index < -0.39 is 23.4 Å². The van der Waals surface area contributed by atoms with Crippen molar-refractivity contribution in [3.05, 3.63) is 83.4 Å². The van der Waals surface area contributed by atoms with Crippen molar-refractivity contribution < 1.29 is 22.0 Å². The number of halogens is 5. The Morgan fingerprint density at radius 2 is 1.54 bits per heavy atom. The first-order valence-corrected chi connectivity index (χ1v) is 8.49. The van der Waals surface area contributed by atoms with Crippen LogP contribution >= 0.6 is 0 Å². The van der Waals surface area contributed by atoms with Gasteiger partial charge in [0.1, 0.15) is 11.6 Å². The molecule has 4 aromatic rings. The summed E-state index contributed by atoms with van der Waals surface area (Å²) in [7, 11) is 0. The van der Waals surface area contributed by atoms with E-state index in [4.69, 9.17) is 0 Å². The van der Waals surface area contributed by atoms with Crippen molar-refractivity contribution >= 4 is 10.9 Å². The molecule has 142 valence electrons. The molecule has 0 unspecified atom stereocenters. The van der Waals surface area contributed by atoms with Crippen LogP contribution in [0.1, 0.15) is 11.1 Å². The van der Waals surface area contributed by atoms with E-state index in [1.165, 1.54) is 24.3 Å². The van der Waals surface area contributed by atoms with E-state index in [1.807, 2.05) is 0 Å². The quantitative estimate of drug-likeness (QED) is 0.353. The molecule has 28 heavy (non-hydrogen) atoms. The zero-order valence-electron chi connectivity index (χ0n) is 14.7. The Balaban J connectivity index is 1.79. The van der Waals surface area contributed by atoms with Crippen LogP contribution in [0.2, 0.25) is 0 Å². The molecule has 0 aliphatic heterocycles. The van der Waals surface area contributed by atoms with Gasteiger partial charge in [0, 0.05) is 10.9 Å². The zero-order valence-corrected chi connectivity index (χ0v) is 14.7. The molecular weight excluding hydrogens is 373 g/mol. The lowest BCUT2D eigenvalue weighted by Crippen LogP contribution is -2.05. The first-order chi connectivity index (χ1) is 13.2. The highest BCUT2D eigenvalue weighted by atomic mass is 19.4. The van der Waals surface area contributed by atoms with Gasteiger partial charge in [0.15, 0.2) is 0 Å². The average Bonchev–Trinajstić information content (AvgIpc) is 3.03. The van der Waals surface area contributed by atoms with Crippen molar-refractivity contribution in [2.24, 2.45) is 0 Å². The standard InChI is InChI=1S/C22H14F5N/c1-12-9-15(22(25,26)27)6-7-16(12)13-5-8-19-14(10-13)11-20(28-19)21-17(23)3-2-4-18(21)24/h2-11,28H,1H3. The van der Waals surface area contributed by atoms with Gasteiger partial charge in [0.2, 0.25) is 0 Å². The Morgan fingerprint density at radius 1 is 0.821 bits per heavy atom. The summed E-state index contributed by atoms with van der Waals surface area (Å²) in [6, 6.07) is 14.2. The number of aromatic nitrogens is 1. The van der Waals surface area contributed by atoms with Gasteiger partial charge in [-0.2, -0.15) is 13.2 Å². The summed E-state index contributed by atoms with van der Waals surface area (Å²) in [4.78, 5) is 2.99. The van der Waals surface area contributed by atoms with E-state index in [2.05, 4.69) is 4.98 Å². The number of hydrogen-bond acceptors (Lipinski definition) is 0. The second kappa shape index (κ2) is 6.48. The van der Waals surface area contributed by atoms with Crippen molar-refractivity contribution in [2.45, 2.75) is 13.1 Å². The van der Waals surface area contributed by atoms with Crippen molar-refractivity contribution in [2.75, 3.05) is 0 Å². The van der Waals surface area contributed by atoms with Crippen LogP contribution in [-0.2, 0) is 6.18 Å². The number of alkyl halides is 3. The van der Waals surface area contributed by atoms with E-state index >= 15 is 0 Å². The molecule has 0 saturated carbocycles. The Labute approximate surface area is 157 Å². The molecule has 0 aliphatic rings. The molecule has 0 bridgehead atoms. The van der Waals surface area contributed by atoms with Crippen LogP contribution in [0.4, 0.5) is 22.0 Å². The molecule has 1 heterocycles. The fourth-order valence-electron chi connectivity index (χ4n) is 3.35. The van der Waals surface area contributed by atoms with E-state index in [0.29, 0.717) is 27.7 Å². The summed E-state index contributed by atoms with van der Waals surface area (Å²) in [5, 5.41) is 0.703. The molecule has 3 aromatic carbocycles. The minimum Gasteiger partial charge on any atom is -0.354 e. The molecule has 4 rings (SSSR count). The molecule has 0 amide bonds. The summed E-state index contributed by atoms with van der Waals surface area (Å²) in [5.74, 6) is -1.35. The number of H-pyrrole nitrogens is 1. The molecule has 1 N–H and O–H groups in total. The first kappa shape index (κ1) is 18.2. The molecule has 0 aliphatic carbocycles. The minimum absolute atomic E-state index is 0.147. The van der Waals surface area contributed by atoms with Gasteiger partial charge in [0.05, 0.1) is 16.8 Å². The zero-order chi connectivity index (χ0) is 20.1. The van der Waals surface area contributed by atoms with Gasteiger partial charge >= 0.3 is 6.18 Å². The van der Waals surface area contributed by atoms with Crippen LogP contribution in [0, 0.1) is 18.6 Å². The number of aromatic amines is 1. The minimum atomic E-state index is -4.40. The maximum Gasteiger partial charge on any atom is 0.416 e. The van der Waals surface area contributed by atoms with Gasteiger partial charge in [0.25, 0.3) is 0 Å². The third-order valence-electron chi connectivity index (χ3n) is 4.72. The Bertz CT molecular complexity index is 1170. The van der Waals surface area contributed by atoms with Crippen LogP contribution in [0.15, 0.2) is 60.7 Å². The number of fused-ring (bicyclic) bond motifs is 1. The van der Waals surface area contributed by atoms with Crippen LogP contribution < -0.4 is 0 Å². The monoisotopic (exact) mass is 387 g/mol. The molecule has 0 radical (unpaired) electrons. The fraction of sp³-hybridized carbons (Fsp3) is 0.0909. The summed E-state index contributed by atoms with van der Waals surface area (Å²) < 4.78 is 66.7. The third kappa shape index (κ3) is 3.15. The molecule has 0 fully saturated rings. The highest BCUT2D eigenvalue weighted by Gasteiger charge is 2.30. The van der Waals surface area contributed by atoms with Crippen molar-refractivity contribution in [3.8, 4) is 22.4 Å². The highest BCUT2D eigenvalue weighted by Crippen LogP contribution is 2.35. The molecule has 0 saturated heterocycles. The second-order valence-electron chi connectivity index (χ2n) is 6.61. The summed E-state index contributed by atoms with van der Waals surface area (Å²) >= 11 is 0. The van der Waals surface area contributed by atoms with Gasteiger partial charge in [-0.25, -0.2) is 8.78 Å². The number of rotatable bonds is 2.